The third-order valence-electron chi connectivity index (χ3n) is 4.65. The van der Waals surface area contributed by atoms with Crippen LogP contribution < -0.4 is 5.32 Å². The molecule has 112 valence electrons. The van der Waals surface area contributed by atoms with Crippen LogP contribution in [-0.2, 0) is 6.42 Å². The molecule has 0 amide bonds. The predicted molar refractivity (Wildman–Crippen MR) is 84.2 cm³/mol. The lowest BCUT2D eigenvalue weighted by Gasteiger charge is -2.20. The van der Waals surface area contributed by atoms with Crippen molar-refractivity contribution in [3.8, 4) is 0 Å². The van der Waals surface area contributed by atoms with Crippen molar-refractivity contribution in [3.63, 3.8) is 0 Å². The maximum absolute atomic E-state index is 4.48. The lowest BCUT2D eigenvalue weighted by atomic mass is 10.0. The highest BCUT2D eigenvalue weighted by molar-refractivity contribution is 7.11. The van der Waals surface area contributed by atoms with Crippen molar-refractivity contribution in [1.82, 2.24) is 15.5 Å². The highest BCUT2D eigenvalue weighted by Gasteiger charge is 2.53. The molecule has 2 atom stereocenters. The first-order valence-corrected chi connectivity index (χ1v) is 8.93. The number of hydrogen-bond donors (Lipinski definition) is 1. The van der Waals surface area contributed by atoms with E-state index in [0.29, 0.717) is 0 Å². The molecule has 1 aromatic heterocycles. The lowest BCUT2D eigenvalue weighted by Crippen LogP contribution is -2.36. The number of nitrogens with one attached hydrogen (secondary N) is 1. The second kappa shape index (κ2) is 5.72. The third kappa shape index (κ3) is 3.40. The van der Waals surface area contributed by atoms with Gasteiger partial charge in [0.05, 0.1) is 0 Å². The fourth-order valence-corrected chi connectivity index (χ4v) is 4.70. The molecular weight excluding hydrogens is 266 g/mol. The summed E-state index contributed by atoms with van der Waals surface area (Å²) in [6, 6.07) is 0. The first kappa shape index (κ1) is 14.5. The SMILES string of the molecule is CC(C)(C)NCCCc1nnc(C2C3CCCCC32)s1. The van der Waals surface area contributed by atoms with Gasteiger partial charge in [0.2, 0.25) is 0 Å². The summed E-state index contributed by atoms with van der Waals surface area (Å²) in [5.41, 5.74) is 0.218. The molecule has 0 saturated heterocycles. The highest BCUT2D eigenvalue weighted by atomic mass is 32.1. The summed E-state index contributed by atoms with van der Waals surface area (Å²) in [6.07, 6.45) is 7.95. The van der Waals surface area contributed by atoms with Gasteiger partial charge in [-0.15, -0.1) is 21.5 Å². The Labute approximate surface area is 126 Å². The zero-order valence-electron chi connectivity index (χ0n) is 13.0. The average Bonchev–Trinajstić information content (AvgIpc) is 2.94. The van der Waals surface area contributed by atoms with Gasteiger partial charge in [-0.25, -0.2) is 0 Å². The van der Waals surface area contributed by atoms with Crippen LogP contribution in [0.3, 0.4) is 0 Å². The van der Waals surface area contributed by atoms with Crippen molar-refractivity contribution >= 4 is 11.3 Å². The van der Waals surface area contributed by atoms with Gasteiger partial charge in [0.15, 0.2) is 0 Å². The molecule has 3 rings (SSSR count). The van der Waals surface area contributed by atoms with Gasteiger partial charge < -0.3 is 5.32 Å². The maximum Gasteiger partial charge on any atom is 0.121 e. The number of hydrogen-bond acceptors (Lipinski definition) is 4. The van der Waals surface area contributed by atoms with E-state index in [9.17, 15) is 0 Å². The molecule has 0 bridgehead atoms. The van der Waals surface area contributed by atoms with Crippen molar-refractivity contribution < 1.29 is 0 Å². The largest absolute Gasteiger partial charge is 0.312 e. The predicted octanol–water partition coefficient (Wildman–Crippen LogP) is 3.76. The molecule has 2 saturated carbocycles. The monoisotopic (exact) mass is 293 g/mol. The molecule has 1 heterocycles. The number of fused-ring (bicyclic) bond motifs is 1. The van der Waals surface area contributed by atoms with Crippen molar-refractivity contribution in [2.24, 2.45) is 11.8 Å². The molecule has 1 aromatic rings. The van der Waals surface area contributed by atoms with E-state index < -0.39 is 0 Å². The van der Waals surface area contributed by atoms with Gasteiger partial charge in [-0.1, -0.05) is 12.8 Å². The van der Waals surface area contributed by atoms with Gasteiger partial charge >= 0.3 is 0 Å². The second-order valence-corrected chi connectivity index (χ2v) is 8.55. The van der Waals surface area contributed by atoms with E-state index in [1.807, 2.05) is 11.3 Å². The third-order valence-corrected chi connectivity index (χ3v) is 5.73. The summed E-state index contributed by atoms with van der Waals surface area (Å²) in [7, 11) is 0. The van der Waals surface area contributed by atoms with Crippen LogP contribution in [0, 0.1) is 11.8 Å². The quantitative estimate of drug-likeness (QED) is 0.840. The van der Waals surface area contributed by atoms with Gasteiger partial charge in [0.1, 0.15) is 10.0 Å². The summed E-state index contributed by atoms with van der Waals surface area (Å²) in [5, 5.41) is 15.0. The first-order valence-electron chi connectivity index (χ1n) is 8.12. The number of nitrogens with zero attached hydrogens (tertiary/aromatic N) is 2. The standard InChI is InChI=1S/C16H27N3S/c1-16(2,3)17-10-6-9-13-18-19-15(20-13)14-11-7-4-5-8-12(11)14/h11-12,14,17H,4-10H2,1-3H3. The van der Waals surface area contributed by atoms with Gasteiger partial charge in [-0.2, -0.15) is 0 Å². The van der Waals surface area contributed by atoms with Gasteiger partial charge in [0.25, 0.3) is 0 Å². The molecule has 2 fully saturated rings. The van der Waals surface area contributed by atoms with E-state index in [4.69, 9.17) is 0 Å². The Morgan fingerprint density at radius 1 is 1.15 bits per heavy atom. The zero-order chi connectivity index (χ0) is 14.2. The smallest absolute Gasteiger partial charge is 0.121 e. The van der Waals surface area contributed by atoms with E-state index in [0.717, 1.165) is 37.1 Å². The Bertz CT molecular complexity index is 437. The van der Waals surface area contributed by atoms with Crippen LogP contribution in [0.15, 0.2) is 0 Å². The van der Waals surface area contributed by atoms with Crippen LogP contribution in [0.2, 0.25) is 0 Å². The fraction of sp³-hybridized carbons (Fsp3) is 0.875. The molecule has 0 aliphatic heterocycles. The van der Waals surface area contributed by atoms with Crippen molar-refractivity contribution in [1.29, 1.82) is 0 Å². The van der Waals surface area contributed by atoms with Crippen LogP contribution in [0.25, 0.3) is 0 Å². The van der Waals surface area contributed by atoms with E-state index in [1.54, 1.807) is 0 Å². The minimum atomic E-state index is 0.218. The van der Waals surface area contributed by atoms with Crippen LogP contribution in [0.1, 0.15) is 68.8 Å². The minimum Gasteiger partial charge on any atom is -0.312 e. The van der Waals surface area contributed by atoms with E-state index >= 15 is 0 Å². The summed E-state index contributed by atoms with van der Waals surface area (Å²) in [6.45, 7) is 7.70. The van der Waals surface area contributed by atoms with Gasteiger partial charge in [0, 0.05) is 17.9 Å². The Kier molecular flexibility index (Phi) is 4.14. The van der Waals surface area contributed by atoms with E-state index in [-0.39, 0.29) is 5.54 Å². The molecule has 2 aliphatic rings. The Balaban J connectivity index is 1.46. The molecule has 1 N–H and O–H groups in total. The summed E-state index contributed by atoms with van der Waals surface area (Å²) >= 11 is 1.88. The topological polar surface area (TPSA) is 37.8 Å². The van der Waals surface area contributed by atoms with Crippen molar-refractivity contribution in [3.05, 3.63) is 10.0 Å². The Morgan fingerprint density at radius 2 is 1.85 bits per heavy atom. The minimum absolute atomic E-state index is 0.218. The van der Waals surface area contributed by atoms with E-state index in [1.165, 1.54) is 35.7 Å². The average molecular weight is 293 g/mol. The van der Waals surface area contributed by atoms with Gasteiger partial charge in [-0.3, -0.25) is 0 Å². The number of aromatic nitrogens is 2. The van der Waals surface area contributed by atoms with Crippen LogP contribution in [0.4, 0.5) is 0 Å². The van der Waals surface area contributed by atoms with Crippen LogP contribution >= 0.6 is 11.3 Å². The first-order chi connectivity index (χ1) is 9.54. The van der Waals surface area contributed by atoms with Crippen molar-refractivity contribution in [2.75, 3.05) is 6.54 Å². The number of aryl methyl sites for hydroxylation is 1. The molecule has 2 aliphatic carbocycles. The molecule has 0 radical (unpaired) electrons. The van der Waals surface area contributed by atoms with Crippen LogP contribution in [0.5, 0.6) is 0 Å². The van der Waals surface area contributed by atoms with Crippen LogP contribution in [-0.4, -0.2) is 22.3 Å². The Hall–Kier alpha value is -0.480. The molecule has 4 heteroatoms. The summed E-state index contributed by atoms with van der Waals surface area (Å²) in [5.74, 6) is 2.68. The van der Waals surface area contributed by atoms with E-state index in [2.05, 4.69) is 36.3 Å². The molecule has 0 spiro atoms. The second-order valence-electron chi connectivity index (χ2n) is 7.45. The molecular formula is C16H27N3S. The number of rotatable bonds is 5. The molecule has 0 aromatic carbocycles. The lowest BCUT2D eigenvalue weighted by molar-refractivity contribution is 0.422. The van der Waals surface area contributed by atoms with Crippen molar-refractivity contribution in [2.45, 2.75) is 70.8 Å². The zero-order valence-corrected chi connectivity index (χ0v) is 13.8. The normalized spacial score (nSPS) is 29.2. The molecule has 20 heavy (non-hydrogen) atoms. The summed E-state index contributed by atoms with van der Waals surface area (Å²) < 4.78 is 0. The fourth-order valence-electron chi connectivity index (χ4n) is 3.56. The maximum atomic E-state index is 4.48. The molecule has 2 unspecified atom stereocenters. The van der Waals surface area contributed by atoms with Gasteiger partial charge in [-0.05, 0) is 58.4 Å². The summed E-state index contributed by atoms with van der Waals surface area (Å²) in [4.78, 5) is 0. The molecule has 3 nitrogen and oxygen atoms in total. The Morgan fingerprint density at radius 3 is 2.50 bits per heavy atom. The highest BCUT2D eigenvalue weighted by Crippen LogP contribution is 2.61.